The molecule has 0 spiro atoms. The molecule has 0 radical (unpaired) electrons. The van der Waals surface area contributed by atoms with Crippen LogP contribution in [0.3, 0.4) is 0 Å². The summed E-state index contributed by atoms with van der Waals surface area (Å²) in [6.45, 7) is 15.8. The zero-order chi connectivity index (χ0) is 36.7. The van der Waals surface area contributed by atoms with Gasteiger partial charge in [-0.15, -0.1) is 0 Å². The fourth-order valence-corrected chi connectivity index (χ4v) is 5.84. The van der Waals surface area contributed by atoms with Crippen molar-refractivity contribution in [2.75, 3.05) is 13.2 Å². The van der Waals surface area contributed by atoms with E-state index in [0.717, 1.165) is 41.5 Å². The third-order valence-corrected chi connectivity index (χ3v) is 12.4. The molecule has 10 atom stereocenters. The van der Waals surface area contributed by atoms with Gasteiger partial charge in [-0.2, -0.15) is 0 Å². The van der Waals surface area contributed by atoms with Gasteiger partial charge in [-0.1, -0.05) is 20.8 Å². The smallest absolute Gasteiger partial charge is 0.303 e. The summed E-state index contributed by atoms with van der Waals surface area (Å²) in [6.07, 6.45) is -14.8. The van der Waals surface area contributed by atoms with Gasteiger partial charge in [-0.25, -0.2) is 0 Å². The Labute approximate surface area is 280 Å². The highest BCUT2D eigenvalue weighted by Crippen LogP contribution is 2.38. The van der Waals surface area contributed by atoms with Gasteiger partial charge in [0, 0.05) is 41.5 Å². The molecule has 48 heavy (non-hydrogen) atoms. The Kier molecular flexibility index (Phi) is 14.5. The van der Waals surface area contributed by atoms with Gasteiger partial charge in [0.1, 0.15) is 12.2 Å². The van der Waals surface area contributed by atoms with Crippen molar-refractivity contribution in [1.82, 2.24) is 0 Å². The molecule has 0 aliphatic carbocycles. The lowest BCUT2D eigenvalue weighted by atomic mass is 9.97. The second-order valence-corrected chi connectivity index (χ2v) is 17.8. The zero-order valence-corrected chi connectivity index (χ0v) is 30.2. The monoisotopic (exact) mass is 708 g/mol. The van der Waals surface area contributed by atoms with Gasteiger partial charge in [-0.3, -0.25) is 28.8 Å². The van der Waals surface area contributed by atoms with Gasteiger partial charge in [0.05, 0.1) is 13.2 Å². The van der Waals surface area contributed by atoms with Crippen molar-refractivity contribution in [2.45, 2.75) is 142 Å². The molecule has 2 saturated heterocycles. The molecule has 2 rings (SSSR count). The molecular formula is C30H48O17Si. The lowest BCUT2D eigenvalue weighted by Crippen LogP contribution is -2.65. The summed E-state index contributed by atoms with van der Waals surface area (Å²) in [6, 6.07) is 0. The number of hydrogen-bond acceptors (Lipinski definition) is 17. The number of carbonyl (C=O) groups is 6. The summed E-state index contributed by atoms with van der Waals surface area (Å²) in [4.78, 5) is 72.6. The Morgan fingerprint density at radius 1 is 0.562 bits per heavy atom. The summed E-state index contributed by atoms with van der Waals surface area (Å²) >= 11 is 0. The molecule has 0 amide bonds. The van der Waals surface area contributed by atoms with Gasteiger partial charge in [-0.05, 0) is 18.1 Å². The quantitative estimate of drug-likeness (QED) is 0.170. The van der Waals surface area contributed by atoms with Crippen molar-refractivity contribution in [3.05, 3.63) is 0 Å². The molecule has 2 aliphatic heterocycles. The third-order valence-electron chi connectivity index (χ3n) is 7.85. The first kappa shape index (κ1) is 41.0. The van der Waals surface area contributed by atoms with E-state index in [1.807, 2.05) is 33.9 Å². The maximum atomic E-state index is 12.3. The number of hydrogen-bond donors (Lipinski definition) is 1. The number of carbonyl (C=O) groups excluding carboxylic acids is 6. The van der Waals surface area contributed by atoms with Crippen LogP contribution in [0.5, 0.6) is 0 Å². The molecular weight excluding hydrogens is 660 g/mol. The van der Waals surface area contributed by atoms with E-state index in [9.17, 15) is 33.9 Å². The Balaban J connectivity index is 2.53. The lowest BCUT2D eigenvalue weighted by Gasteiger charge is -2.46. The van der Waals surface area contributed by atoms with Crippen molar-refractivity contribution in [3.8, 4) is 0 Å². The standard InChI is InChI=1S/C30H48O17Si/c1-14(31)40-22-20(46-28(37)26(44-18(5)35)24(22)42-16(3)33)12-38-29-27(45-19(6)36)25(43-17(4)34)23(41-15(2)32)21(47-29)13-39-48(10,11)30(7,8)9/h20-29,37H,12-13H2,1-11H3/t20?,21?,22-,23-,24?,25?,26?,27?,28-,29+/m1/s1. The minimum Gasteiger partial charge on any atom is -0.456 e. The second kappa shape index (κ2) is 17.0. The largest absolute Gasteiger partial charge is 0.456 e. The molecule has 0 aromatic rings. The molecule has 17 nitrogen and oxygen atoms in total. The fourth-order valence-electron chi connectivity index (χ4n) is 4.83. The van der Waals surface area contributed by atoms with Crippen LogP contribution < -0.4 is 0 Å². The van der Waals surface area contributed by atoms with E-state index >= 15 is 0 Å². The maximum absolute atomic E-state index is 12.3. The maximum Gasteiger partial charge on any atom is 0.303 e. The Morgan fingerprint density at radius 2 is 0.917 bits per heavy atom. The molecule has 1 N–H and O–H groups in total. The van der Waals surface area contributed by atoms with Crippen molar-refractivity contribution in [2.24, 2.45) is 0 Å². The Morgan fingerprint density at radius 3 is 1.33 bits per heavy atom. The minimum atomic E-state index is -2.42. The highest BCUT2D eigenvalue weighted by Gasteiger charge is 2.55. The molecule has 0 aromatic carbocycles. The SMILES string of the molecule is CC(=O)OC1C(OC(C)=O)[C@H](OC(C)=O)C(CO[Si](C)(C)C(C)(C)C)O[C@@H]1OCC1O[C@@H](O)C(OC(C)=O)C(OC(C)=O)[C@@H]1OC(C)=O. The van der Waals surface area contributed by atoms with E-state index in [1.54, 1.807) is 0 Å². The average molecular weight is 709 g/mol. The second-order valence-electron chi connectivity index (χ2n) is 13.0. The van der Waals surface area contributed by atoms with Gasteiger partial charge in [0.25, 0.3) is 0 Å². The predicted octanol–water partition coefficient (Wildman–Crippen LogP) is 1.06. The Bertz CT molecular complexity index is 1180. The van der Waals surface area contributed by atoms with Crippen molar-refractivity contribution in [3.63, 3.8) is 0 Å². The zero-order valence-electron chi connectivity index (χ0n) is 29.2. The lowest BCUT2D eigenvalue weighted by molar-refractivity contribution is -0.329. The van der Waals surface area contributed by atoms with E-state index in [4.69, 9.17) is 47.1 Å². The van der Waals surface area contributed by atoms with Crippen molar-refractivity contribution < 1.29 is 80.9 Å². The van der Waals surface area contributed by atoms with Gasteiger partial charge in [0.15, 0.2) is 57.5 Å². The van der Waals surface area contributed by atoms with E-state index in [2.05, 4.69) is 0 Å². The van der Waals surface area contributed by atoms with E-state index < -0.39 is 112 Å². The molecule has 18 heteroatoms. The molecule has 2 aliphatic rings. The molecule has 0 saturated carbocycles. The summed E-state index contributed by atoms with van der Waals surface area (Å²) in [5.41, 5.74) is 0. The van der Waals surface area contributed by atoms with Crippen LogP contribution in [0.2, 0.25) is 18.1 Å². The summed E-state index contributed by atoms with van der Waals surface area (Å²) in [7, 11) is -2.42. The normalized spacial score (nSPS) is 30.8. The number of ether oxygens (including phenoxy) is 9. The molecule has 274 valence electrons. The summed E-state index contributed by atoms with van der Waals surface area (Å²) < 4.78 is 56.5. The molecule has 0 aromatic heterocycles. The molecule has 6 unspecified atom stereocenters. The van der Waals surface area contributed by atoms with Crippen LogP contribution >= 0.6 is 0 Å². The highest BCUT2D eigenvalue weighted by molar-refractivity contribution is 6.74. The first-order valence-corrected chi connectivity index (χ1v) is 18.2. The molecule has 2 heterocycles. The van der Waals surface area contributed by atoms with Gasteiger partial charge >= 0.3 is 35.8 Å². The first-order chi connectivity index (χ1) is 22.0. The van der Waals surface area contributed by atoms with Crippen LogP contribution in [0.1, 0.15) is 62.3 Å². The van der Waals surface area contributed by atoms with Crippen LogP contribution in [-0.4, -0.2) is 124 Å². The fraction of sp³-hybridized carbons (Fsp3) is 0.800. The van der Waals surface area contributed by atoms with Gasteiger partial charge in [0.2, 0.25) is 0 Å². The van der Waals surface area contributed by atoms with Crippen LogP contribution in [0.25, 0.3) is 0 Å². The van der Waals surface area contributed by atoms with E-state index in [1.165, 1.54) is 0 Å². The van der Waals surface area contributed by atoms with Crippen LogP contribution in [-0.2, 0) is 75.8 Å². The summed E-state index contributed by atoms with van der Waals surface area (Å²) in [5, 5.41) is 10.5. The average Bonchev–Trinajstić information content (AvgIpc) is 2.91. The number of aliphatic hydroxyl groups is 1. The summed E-state index contributed by atoms with van der Waals surface area (Å²) in [5.74, 6) is -4.90. The van der Waals surface area contributed by atoms with Gasteiger partial charge < -0.3 is 52.2 Å². The number of aliphatic hydroxyl groups excluding tert-OH is 1. The van der Waals surface area contributed by atoms with Crippen molar-refractivity contribution in [1.29, 1.82) is 0 Å². The molecule has 0 bridgehead atoms. The third kappa shape index (κ3) is 11.5. The Hall–Kier alpha value is -3.16. The number of esters is 6. The number of rotatable bonds is 12. The molecule has 2 fully saturated rings. The van der Waals surface area contributed by atoms with E-state index in [-0.39, 0.29) is 11.6 Å². The predicted molar refractivity (Wildman–Crippen MR) is 162 cm³/mol. The van der Waals surface area contributed by atoms with Crippen LogP contribution in [0.15, 0.2) is 0 Å². The minimum absolute atomic E-state index is 0.147. The van der Waals surface area contributed by atoms with Crippen molar-refractivity contribution >= 4 is 44.1 Å². The first-order valence-electron chi connectivity index (χ1n) is 15.3. The van der Waals surface area contributed by atoms with Crippen LogP contribution in [0, 0.1) is 0 Å². The topological polar surface area (TPSA) is 215 Å². The van der Waals surface area contributed by atoms with E-state index in [0.29, 0.717) is 0 Å². The van der Waals surface area contributed by atoms with Crippen LogP contribution in [0.4, 0.5) is 0 Å². The highest BCUT2D eigenvalue weighted by atomic mass is 28.4.